The van der Waals surface area contributed by atoms with Gasteiger partial charge in [-0.3, -0.25) is 0 Å². The van der Waals surface area contributed by atoms with Gasteiger partial charge in [0.05, 0.1) is 0 Å². The van der Waals surface area contributed by atoms with Crippen LogP contribution in [0.15, 0.2) is 102 Å². The smallest absolute Gasteiger partial charge is 0.149 e. The minimum Gasteiger partial charge on any atom is -0.364 e. The lowest BCUT2D eigenvalue weighted by molar-refractivity contribution is 0.320. The molecule has 0 amide bonds. The zero-order valence-electron chi connectivity index (χ0n) is 15.6. The van der Waals surface area contributed by atoms with Crippen molar-refractivity contribution in [1.82, 2.24) is 4.90 Å². The van der Waals surface area contributed by atoms with E-state index in [2.05, 4.69) is 41.3 Å². The maximum absolute atomic E-state index is 9.60. The summed E-state index contributed by atoms with van der Waals surface area (Å²) in [6, 6.07) is 34.4. The minimum absolute atomic E-state index is 0.163. The molecule has 3 heteroatoms. The highest BCUT2D eigenvalue weighted by molar-refractivity contribution is 5.42. The topological polar surface area (TPSA) is 50.8 Å². The molecule has 3 nitrogen and oxygen atoms in total. The number of hydrogen-bond acceptors (Lipinski definition) is 3. The lowest BCUT2D eigenvalue weighted by Crippen LogP contribution is -2.25. The third-order valence-corrected chi connectivity index (χ3v) is 4.54. The summed E-state index contributed by atoms with van der Waals surface area (Å²) in [5.41, 5.74) is 4.27. The lowest BCUT2D eigenvalue weighted by Gasteiger charge is -2.28. The Morgan fingerprint density at radius 1 is 0.607 bits per heavy atom. The molecule has 0 N–H and O–H groups in total. The van der Waals surface area contributed by atoms with Gasteiger partial charge in [0.25, 0.3) is 0 Å². The molecule has 0 aromatic heterocycles. The Labute approximate surface area is 166 Å². The molecule has 0 aliphatic carbocycles. The van der Waals surface area contributed by atoms with E-state index in [1.165, 1.54) is 0 Å². The minimum atomic E-state index is 0.163. The molecule has 136 valence electrons. The quantitative estimate of drug-likeness (QED) is 0.540. The fraction of sp³-hybridized carbons (Fsp3) is 0.120. The molecular weight excluding hydrogens is 342 g/mol. The first-order valence-electron chi connectivity index (χ1n) is 9.20. The molecule has 3 aromatic rings. The van der Waals surface area contributed by atoms with Crippen LogP contribution in [0.25, 0.3) is 0 Å². The van der Waals surface area contributed by atoms with Crippen molar-refractivity contribution in [3.8, 4) is 12.1 Å². The standard InChI is InChI=1S/C25H21N3/c26-17-24(18-27)25(16-21-10-4-1-5-11-21)28(19-22-12-6-2-7-13-22)20-23-14-8-3-9-15-23/h1-15H,16,19-20H2. The van der Waals surface area contributed by atoms with Gasteiger partial charge in [-0.2, -0.15) is 10.5 Å². The summed E-state index contributed by atoms with van der Waals surface area (Å²) in [7, 11) is 0. The van der Waals surface area contributed by atoms with Crippen LogP contribution in [-0.4, -0.2) is 4.90 Å². The average Bonchev–Trinajstić information content (AvgIpc) is 2.76. The molecule has 0 bridgehead atoms. The number of nitrogens with zero attached hydrogens (tertiary/aromatic N) is 3. The van der Waals surface area contributed by atoms with Crippen LogP contribution in [0.4, 0.5) is 0 Å². The summed E-state index contributed by atoms with van der Waals surface area (Å²) in [6.07, 6.45) is 0.539. The van der Waals surface area contributed by atoms with Crippen molar-refractivity contribution >= 4 is 0 Å². The summed E-state index contributed by atoms with van der Waals surface area (Å²) in [4.78, 5) is 2.14. The molecule has 0 radical (unpaired) electrons. The first-order valence-corrected chi connectivity index (χ1v) is 9.20. The van der Waals surface area contributed by atoms with E-state index in [9.17, 15) is 10.5 Å². The van der Waals surface area contributed by atoms with Crippen LogP contribution in [0.5, 0.6) is 0 Å². The van der Waals surface area contributed by atoms with E-state index in [0.29, 0.717) is 19.5 Å². The van der Waals surface area contributed by atoms with Gasteiger partial charge in [0.1, 0.15) is 17.7 Å². The van der Waals surface area contributed by atoms with Crippen LogP contribution >= 0.6 is 0 Å². The molecule has 0 heterocycles. The van der Waals surface area contributed by atoms with Crippen molar-refractivity contribution in [1.29, 1.82) is 10.5 Å². The molecule has 0 aliphatic heterocycles. The van der Waals surface area contributed by atoms with E-state index >= 15 is 0 Å². The molecule has 0 aliphatic rings. The predicted octanol–water partition coefficient (Wildman–Crippen LogP) is 5.23. The van der Waals surface area contributed by atoms with Gasteiger partial charge in [0.15, 0.2) is 0 Å². The van der Waals surface area contributed by atoms with Gasteiger partial charge in [0.2, 0.25) is 0 Å². The molecule has 3 aromatic carbocycles. The number of allylic oxidation sites excluding steroid dienone is 2. The van der Waals surface area contributed by atoms with E-state index in [4.69, 9.17) is 0 Å². The first kappa shape index (κ1) is 19.0. The molecule has 0 unspecified atom stereocenters. The van der Waals surface area contributed by atoms with E-state index in [-0.39, 0.29) is 5.57 Å². The monoisotopic (exact) mass is 363 g/mol. The second kappa shape index (κ2) is 9.76. The molecule has 28 heavy (non-hydrogen) atoms. The van der Waals surface area contributed by atoms with Gasteiger partial charge >= 0.3 is 0 Å². The Morgan fingerprint density at radius 3 is 1.39 bits per heavy atom. The second-order valence-corrected chi connectivity index (χ2v) is 6.53. The fourth-order valence-electron chi connectivity index (χ4n) is 3.16. The number of nitriles is 2. The summed E-state index contributed by atoms with van der Waals surface area (Å²) in [5, 5.41) is 19.2. The Morgan fingerprint density at radius 2 is 1.00 bits per heavy atom. The highest BCUT2D eigenvalue weighted by Gasteiger charge is 2.17. The highest BCUT2D eigenvalue weighted by Crippen LogP contribution is 2.22. The molecule has 0 saturated carbocycles. The summed E-state index contributed by atoms with van der Waals surface area (Å²) >= 11 is 0. The van der Waals surface area contributed by atoms with Gasteiger partial charge in [-0.15, -0.1) is 0 Å². The number of benzene rings is 3. The molecule has 3 rings (SSSR count). The predicted molar refractivity (Wildman–Crippen MR) is 111 cm³/mol. The van der Waals surface area contributed by atoms with Crippen molar-refractivity contribution in [2.75, 3.05) is 0 Å². The molecule has 0 saturated heterocycles. The van der Waals surface area contributed by atoms with Crippen molar-refractivity contribution in [2.24, 2.45) is 0 Å². The van der Waals surface area contributed by atoms with E-state index in [0.717, 1.165) is 22.4 Å². The Hall–Kier alpha value is -3.82. The van der Waals surface area contributed by atoms with E-state index in [1.807, 2.05) is 66.7 Å². The zero-order valence-corrected chi connectivity index (χ0v) is 15.6. The van der Waals surface area contributed by atoms with Crippen molar-refractivity contribution in [3.05, 3.63) is 119 Å². The normalized spacial score (nSPS) is 9.79. The van der Waals surface area contributed by atoms with Crippen LogP contribution in [0, 0.1) is 22.7 Å². The third kappa shape index (κ3) is 5.10. The largest absolute Gasteiger partial charge is 0.364 e. The average molecular weight is 363 g/mol. The fourth-order valence-corrected chi connectivity index (χ4v) is 3.16. The van der Waals surface area contributed by atoms with Crippen molar-refractivity contribution < 1.29 is 0 Å². The summed E-state index contributed by atoms with van der Waals surface area (Å²) < 4.78 is 0. The zero-order chi connectivity index (χ0) is 19.6. The Kier molecular flexibility index (Phi) is 6.61. The maximum atomic E-state index is 9.60. The number of hydrogen-bond donors (Lipinski definition) is 0. The lowest BCUT2D eigenvalue weighted by atomic mass is 10.0. The van der Waals surface area contributed by atoms with E-state index < -0.39 is 0 Å². The van der Waals surface area contributed by atoms with Crippen molar-refractivity contribution in [2.45, 2.75) is 19.5 Å². The van der Waals surface area contributed by atoms with Crippen LogP contribution in [-0.2, 0) is 19.5 Å². The van der Waals surface area contributed by atoms with Crippen LogP contribution in [0.1, 0.15) is 16.7 Å². The summed E-state index contributed by atoms with van der Waals surface area (Å²) in [6.45, 7) is 1.26. The second-order valence-electron chi connectivity index (χ2n) is 6.53. The van der Waals surface area contributed by atoms with Gasteiger partial charge in [-0.05, 0) is 16.7 Å². The van der Waals surface area contributed by atoms with Crippen LogP contribution in [0.3, 0.4) is 0 Å². The van der Waals surface area contributed by atoms with Gasteiger partial charge in [0, 0.05) is 25.2 Å². The SMILES string of the molecule is N#CC(C#N)=C(Cc1ccccc1)N(Cc1ccccc1)Cc1ccccc1. The van der Waals surface area contributed by atoms with Crippen LogP contribution in [0.2, 0.25) is 0 Å². The van der Waals surface area contributed by atoms with Gasteiger partial charge in [-0.25, -0.2) is 0 Å². The molecule has 0 fully saturated rings. The maximum Gasteiger partial charge on any atom is 0.149 e. The molecule has 0 atom stereocenters. The number of rotatable bonds is 7. The molecule has 0 spiro atoms. The van der Waals surface area contributed by atoms with Crippen molar-refractivity contribution in [3.63, 3.8) is 0 Å². The highest BCUT2D eigenvalue weighted by atomic mass is 15.1. The van der Waals surface area contributed by atoms with E-state index in [1.54, 1.807) is 0 Å². The van der Waals surface area contributed by atoms with Crippen LogP contribution < -0.4 is 0 Å². The summed E-state index contributed by atoms with van der Waals surface area (Å²) in [5.74, 6) is 0. The Balaban J connectivity index is 2.01. The van der Waals surface area contributed by atoms with Gasteiger partial charge < -0.3 is 4.90 Å². The van der Waals surface area contributed by atoms with Gasteiger partial charge in [-0.1, -0.05) is 91.0 Å². The third-order valence-electron chi connectivity index (χ3n) is 4.54. The Bertz CT molecular complexity index is 937. The molecular formula is C25H21N3. The first-order chi connectivity index (χ1) is 13.8.